The van der Waals surface area contributed by atoms with Crippen molar-refractivity contribution in [2.24, 2.45) is 0 Å². The summed E-state index contributed by atoms with van der Waals surface area (Å²) in [6.45, 7) is 5.31. The van der Waals surface area contributed by atoms with Crippen LogP contribution < -0.4 is 0 Å². The van der Waals surface area contributed by atoms with E-state index in [1.54, 1.807) is 16.8 Å². The van der Waals surface area contributed by atoms with Crippen LogP contribution in [0, 0.1) is 0 Å². The van der Waals surface area contributed by atoms with E-state index in [0.717, 1.165) is 16.0 Å². The average molecular weight is 328 g/mol. The lowest BCUT2D eigenvalue weighted by molar-refractivity contribution is 0.0569. The van der Waals surface area contributed by atoms with Gasteiger partial charge in [0.1, 0.15) is 0 Å². The van der Waals surface area contributed by atoms with Crippen LogP contribution in [-0.2, 0) is 0 Å². The minimum atomic E-state index is 0.0418. The third kappa shape index (κ3) is 2.50. The van der Waals surface area contributed by atoms with E-state index in [-0.39, 0.29) is 17.7 Å². The Labute approximate surface area is 137 Å². The van der Waals surface area contributed by atoms with Crippen molar-refractivity contribution < 1.29 is 9.32 Å². The molecule has 2 aromatic heterocycles. The maximum Gasteiger partial charge on any atom is 0.253 e. The lowest BCUT2D eigenvalue weighted by Crippen LogP contribution is -2.48. The Morgan fingerprint density at radius 1 is 1.39 bits per heavy atom. The van der Waals surface area contributed by atoms with Gasteiger partial charge in [0.2, 0.25) is 5.89 Å². The normalized spacial score (nSPS) is 15.3. The van der Waals surface area contributed by atoms with E-state index in [1.165, 1.54) is 0 Å². The first-order chi connectivity index (χ1) is 11.1. The molecular formula is C16H16N4O2S. The van der Waals surface area contributed by atoms with Gasteiger partial charge in [-0.2, -0.15) is 4.98 Å². The fourth-order valence-electron chi connectivity index (χ4n) is 2.62. The topological polar surface area (TPSA) is 72.1 Å². The maximum atomic E-state index is 12.5. The maximum absolute atomic E-state index is 12.5. The van der Waals surface area contributed by atoms with Crippen molar-refractivity contribution >= 4 is 27.5 Å². The summed E-state index contributed by atoms with van der Waals surface area (Å²) in [6.07, 6.45) is 0. The number of nitrogens with zero attached hydrogens (tertiary/aromatic N) is 4. The zero-order valence-corrected chi connectivity index (χ0v) is 13.7. The van der Waals surface area contributed by atoms with E-state index in [4.69, 9.17) is 4.52 Å². The molecule has 1 aliphatic rings. The summed E-state index contributed by atoms with van der Waals surface area (Å²) >= 11 is 1.54. The number of benzene rings is 1. The monoisotopic (exact) mass is 328 g/mol. The molecule has 3 heterocycles. The average Bonchev–Trinajstić information content (AvgIpc) is 3.13. The van der Waals surface area contributed by atoms with Gasteiger partial charge in [0, 0.05) is 24.6 Å². The highest BCUT2D eigenvalue weighted by Gasteiger charge is 2.36. The number of thiazole rings is 1. The van der Waals surface area contributed by atoms with Gasteiger partial charge < -0.3 is 9.42 Å². The lowest BCUT2D eigenvalue weighted by atomic mass is 9.98. The van der Waals surface area contributed by atoms with E-state index in [2.05, 4.69) is 15.1 Å². The van der Waals surface area contributed by atoms with Gasteiger partial charge in [-0.3, -0.25) is 4.79 Å². The highest BCUT2D eigenvalue weighted by molar-refractivity contribution is 7.16. The molecule has 0 saturated carbocycles. The van der Waals surface area contributed by atoms with Crippen molar-refractivity contribution in [3.8, 4) is 0 Å². The van der Waals surface area contributed by atoms with E-state index >= 15 is 0 Å². The molecule has 0 aliphatic carbocycles. The van der Waals surface area contributed by atoms with Crippen molar-refractivity contribution in [1.82, 2.24) is 20.0 Å². The third-order valence-corrected chi connectivity index (χ3v) is 4.86. The Hall–Kier alpha value is -2.28. The van der Waals surface area contributed by atoms with Crippen LogP contribution in [0.25, 0.3) is 10.2 Å². The fraction of sp³-hybridized carbons (Fsp3) is 0.375. The Bertz CT molecular complexity index is 864. The lowest BCUT2D eigenvalue weighted by Gasteiger charge is -2.37. The molecule has 1 saturated heterocycles. The van der Waals surface area contributed by atoms with Crippen LogP contribution in [0.15, 0.2) is 28.2 Å². The summed E-state index contributed by atoms with van der Waals surface area (Å²) in [4.78, 5) is 23.0. The van der Waals surface area contributed by atoms with Crippen molar-refractivity contribution in [3.05, 3.63) is 41.0 Å². The van der Waals surface area contributed by atoms with Crippen LogP contribution in [0.3, 0.4) is 0 Å². The van der Waals surface area contributed by atoms with Crippen molar-refractivity contribution in [2.45, 2.75) is 25.7 Å². The predicted octanol–water partition coefficient (Wildman–Crippen LogP) is 3.04. The van der Waals surface area contributed by atoms with E-state index in [0.29, 0.717) is 24.5 Å². The number of hydrogen-bond acceptors (Lipinski definition) is 6. The molecule has 1 aromatic carbocycles. The molecule has 0 spiro atoms. The number of carbonyl (C=O) groups excluding carboxylic acids is 1. The first-order valence-corrected chi connectivity index (χ1v) is 8.46. The summed E-state index contributed by atoms with van der Waals surface area (Å²) < 4.78 is 6.34. The van der Waals surface area contributed by atoms with Gasteiger partial charge in [-0.25, -0.2) is 4.98 Å². The summed E-state index contributed by atoms with van der Waals surface area (Å²) in [5, 5.41) is 3.98. The summed E-state index contributed by atoms with van der Waals surface area (Å²) in [7, 11) is 0. The second-order valence-electron chi connectivity index (χ2n) is 6.09. The Morgan fingerprint density at radius 3 is 2.96 bits per heavy atom. The van der Waals surface area contributed by atoms with E-state index in [9.17, 15) is 4.79 Å². The van der Waals surface area contributed by atoms with Gasteiger partial charge in [-0.15, -0.1) is 11.3 Å². The summed E-state index contributed by atoms with van der Waals surface area (Å²) in [6, 6.07) is 5.64. The van der Waals surface area contributed by atoms with Gasteiger partial charge in [0.25, 0.3) is 5.91 Å². The smallest absolute Gasteiger partial charge is 0.253 e. The molecular weight excluding hydrogens is 312 g/mol. The molecule has 0 atom stereocenters. The molecule has 1 aliphatic heterocycles. The van der Waals surface area contributed by atoms with Crippen LogP contribution in [0.4, 0.5) is 0 Å². The molecule has 118 valence electrons. The quantitative estimate of drug-likeness (QED) is 0.739. The first kappa shape index (κ1) is 14.3. The minimum absolute atomic E-state index is 0.0418. The molecule has 3 aromatic rings. The summed E-state index contributed by atoms with van der Waals surface area (Å²) in [5.41, 5.74) is 3.43. The largest absolute Gasteiger partial charge is 0.339 e. The zero-order chi connectivity index (χ0) is 16.0. The molecule has 4 rings (SSSR count). The van der Waals surface area contributed by atoms with Crippen LogP contribution in [0.2, 0.25) is 0 Å². The molecule has 7 heteroatoms. The molecule has 23 heavy (non-hydrogen) atoms. The van der Waals surface area contributed by atoms with Crippen LogP contribution >= 0.6 is 11.3 Å². The standard InChI is InChI=1S/C16H16N4O2S/c1-9(2)14-18-15(22-19-14)11-6-20(7-11)16(21)10-3-4-12-13(5-10)23-8-17-12/h3-5,8-9,11H,6-7H2,1-2H3. The second-order valence-corrected chi connectivity index (χ2v) is 6.97. The number of carbonyl (C=O) groups is 1. The summed E-state index contributed by atoms with van der Waals surface area (Å²) in [5.74, 6) is 1.79. The van der Waals surface area contributed by atoms with Gasteiger partial charge in [0.05, 0.1) is 21.6 Å². The first-order valence-electron chi connectivity index (χ1n) is 7.58. The fourth-order valence-corrected chi connectivity index (χ4v) is 3.34. The van der Waals surface area contributed by atoms with Crippen molar-refractivity contribution in [2.75, 3.05) is 13.1 Å². The Morgan fingerprint density at radius 2 is 2.22 bits per heavy atom. The van der Waals surface area contributed by atoms with Gasteiger partial charge in [0.15, 0.2) is 5.82 Å². The van der Waals surface area contributed by atoms with Crippen molar-refractivity contribution in [1.29, 1.82) is 0 Å². The molecule has 0 unspecified atom stereocenters. The molecule has 0 bridgehead atoms. The second kappa shape index (κ2) is 5.42. The number of hydrogen-bond donors (Lipinski definition) is 0. The number of amides is 1. The number of rotatable bonds is 3. The van der Waals surface area contributed by atoms with E-state index in [1.807, 2.05) is 36.9 Å². The SMILES string of the molecule is CC(C)c1noc(C2CN(C(=O)c3ccc4ncsc4c3)C2)n1. The van der Waals surface area contributed by atoms with Crippen LogP contribution in [0.5, 0.6) is 0 Å². The minimum Gasteiger partial charge on any atom is -0.339 e. The molecule has 0 N–H and O–H groups in total. The van der Waals surface area contributed by atoms with Crippen LogP contribution in [-0.4, -0.2) is 39.0 Å². The van der Waals surface area contributed by atoms with E-state index < -0.39 is 0 Å². The predicted molar refractivity (Wildman–Crippen MR) is 86.7 cm³/mol. The molecule has 1 amide bonds. The van der Waals surface area contributed by atoms with Gasteiger partial charge >= 0.3 is 0 Å². The molecule has 6 nitrogen and oxygen atoms in total. The Balaban J connectivity index is 1.45. The number of fused-ring (bicyclic) bond motifs is 1. The highest BCUT2D eigenvalue weighted by Crippen LogP contribution is 2.29. The third-order valence-electron chi connectivity index (χ3n) is 4.07. The molecule has 0 radical (unpaired) electrons. The number of likely N-dealkylation sites (tertiary alicyclic amines) is 1. The van der Waals surface area contributed by atoms with Crippen LogP contribution in [0.1, 0.15) is 47.8 Å². The van der Waals surface area contributed by atoms with Gasteiger partial charge in [-0.05, 0) is 18.2 Å². The zero-order valence-electron chi connectivity index (χ0n) is 12.9. The highest BCUT2D eigenvalue weighted by atomic mass is 32.1. The van der Waals surface area contributed by atoms with Crippen molar-refractivity contribution in [3.63, 3.8) is 0 Å². The molecule has 1 fully saturated rings. The van der Waals surface area contributed by atoms with Gasteiger partial charge in [-0.1, -0.05) is 19.0 Å². The Kier molecular flexibility index (Phi) is 3.37. The number of aromatic nitrogens is 3.